The van der Waals surface area contributed by atoms with Crippen LogP contribution < -0.4 is 9.47 Å². The second kappa shape index (κ2) is 10.8. The molecule has 1 aliphatic heterocycles. The van der Waals surface area contributed by atoms with Gasteiger partial charge in [0.25, 0.3) is 0 Å². The number of benzene rings is 4. The predicted octanol–water partition coefficient (Wildman–Crippen LogP) is 7.03. The maximum Gasteiger partial charge on any atom is 0.416 e. The molecular weight excluding hydrogens is 503 g/mol. The van der Waals surface area contributed by atoms with Gasteiger partial charge in [0, 0.05) is 6.54 Å². The number of methoxy groups -OCH3 is 2. The Morgan fingerprint density at radius 1 is 0.821 bits per heavy atom. The van der Waals surface area contributed by atoms with Crippen LogP contribution in [0.15, 0.2) is 97.1 Å². The minimum absolute atomic E-state index is 0.185. The standard InChI is InChI=1S/C32H28F3NO3/c1-38-27-19-23-16-17-36(31(37)29(21-10-5-3-6-11-21)22-12-7-4-8-13-22)30(26(23)20-28(27)39-2)24-14-9-15-25(18-24)32(33,34)35/h3-15,18-20,29-30H,16-17H2,1-2H3. The van der Waals surface area contributed by atoms with Gasteiger partial charge in [-0.3, -0.25) is 4.79 Å². The third-order valence-electron chi connectivity index (χ3n) is 7.20. The molecule has 0 aliphatic carbocycles. The highest BCUT2D eigenvalue weighted by atomic mass is 19.4. The van der Waals surface area contributed by atoms with Crippen LogP contribution in [0.1, 0.15) is 45.3 Å². The van der Waals surface area contributed by atoms with Crippen LogP contribution in [0.3, 0.4) is 0 Å². The molecule has 7 heteroatoms. The minimum atomic E-state index is -4.52. The highest BCUT2D eigenvalue weighted by molar-refractivity contribution is 5.88. The van der Waals surface area contributed by atoms with Crippen LogP contribution in [-0.2, 0) is 17.4 Å². The Hall–Kier alpha value is -4.26. The average molecular weight is 532 g/mol. The fraction of sp³-hybridized carbons (Fsp3) is 0.219. The van der Waals surface area contributed by atoms with E-state index < -0.39 is 23.7 Å². The lowest BCUT2D eigenvalue weighted by molar-refractivity contribution is -0.137. The van der Waals surface area contributed by atoms with Gasteiger partial charge in [-0.15, -0.1) is 0 Å². The molecule has 0 N–H and O–H groups in total. The molecule has 0 saturated carbocycles. The summed E-state index contributed by atoms with van der Waals surface area (Å²) in [6.45, 7) is 0.332. The predicted molar refractivity (Wildman–Crippen MR) is 143 cm³/mol. The molecule has 0 saturated heterocycles. The van der Waals surface area contributed by atoms with Crippen molar-refractivity contribution in [3.8, 4) is 11.5 Å². The van der Waals surface area contributed by atoms with Gasteiger partial charge >= 0.3 is 6.18 Å². The fourth-order valence-corrected chi connectivity index (χ4v) is 5.36. The Kier molecular flexibility index (Phi) is 7.33. The number of rotatable bonds is 6. The molecule has 5 rings (SSSR count). The summed E-state index contributed by atoms with van der Waals surface area (Å²) >= 11 is 0. The van der Waals surface area contributed by atoms with Crippen molar-refractivity contribution in [1.82, 2.24) is 4.90 Å². The van der Waals surface area contributed by atoms with E-state index in [4.69, 9.17) is 9.47 Å². The maximum atomic E-state index is 14.5. The van der Waals surface area contributed by atoms with Crippen molar-refractivity contribution in [2.75, 3.05) is 20.8 Å². The molecule has 39 heavy (non-hydrogen) atoms. The van der Waals surface area contributed by atoms with Gasteiger partial charge in [-0.25, -0.2) is 0 Å². The first kappa shape index (κ1) is 26.4. The topological polar surface area (TPSA) is 38.8 Å². The van der Waals surface area contributed by atoms with Gasteiger partial charge in [0.2, 0.25) is 5.91 Å². The molecule has 0 spiro atoms. The molecule has 0 fully saturated rings. The molecule has 1 unspecified atom stereocenters. The Bertz CT molecular complexity index is 1420. The number of fused-ring (bicyclic) bond motifs is 1. The largest absolute Gasteiger partial charge is 0.493 e. The number of hydrogen-bond donors (Lipinski definition) is 0. The first-order chi connectivity index (χ1) is 18.8. The minimum Gasteiger partial charge on any atom is -0.493 e. The van der Waals surface area contributed by atoms with E-state index in [1.165, 1.54) is 20.3 Å². The van der Waals surface area contributed by atoms with E-state index in [2.05, 4.69) is 0 Å². The lowest BCUT2D eigenvalue weighted by atomic mass is 9.84. The number of halogens is 3. The molecule has 1 atom stereocenters. The van der Waals surface area contributed by atoms with Crippen LogP contribution >= 0.6 is 0 Å². The summed E-state index contributed by atoms with van der Waals surface area (Å²) < 4.78 is 52.3. The summed E-state index contributed by atoms with van der Waals surface area (Å²) in [5.74, 6) is 0.174. The van der Waals surface area contributed by atoms with E-state index in [9.17, 15) is 18.0 Å². The SMILES string of the molecule is COc1cc2c(cc1OC)C(c1cccc(C(F)(F)F)c1)N(C(=O)C(c1ccccc1)c1ccccc1)CC2. The molecule has 0 aromatic heterocycles. The van der Waals surface area contributed by atoms with Crippen LogP contribution in [0.4, 0.5) is 13.2 Å². The number of alkyl halides is 3. The van der Waals surface area contributed by atoms with Crippen LogP contribution in [0.2, 0.25) is 0 Å². The van der Waals surface area contributed by atoms with Crippen molar-refractivity contribution in [2.24, 2.45) is 0 Å². The van der Waals surface area contributed by atoms with Gasteiger partial charge in [0.1, 0.15) is 0 Å². The van der Waals surface area contributed by atoms with E-state index in [1.54, 1.807) is 17.0 Å². The Labute approximate surface area is 225 Å². The van der Waals surface area contributed by atoms with Gasteiger partial charge in [-0.05, 0) is 58.5 Å². The Morgan fingerprint density at radius 2 is 1.41 bits per heavy atom. The Balaban J connectivity index is 1.68. The smallest absolute Gasteiger partial charge is 0.416 e. The van der Waals surface area contributed by atoms with E-state index in [-0.39, 0.29) is 5.91 Å². The highest BCUT2D eigenvalue weighted by Crippen LogP contribution is 2.43. The highest BCUT2D eigenvalue weighted by Gasteiger charge is 2.39. The monoisotopic (exact) mass is 531 g/mol. The number of nitrogens with zero attached hydrogens (tertiary/aromatic N) is 1. The van der Waals surface area contributed by atoms with Crippen molar-refractivity contribution in [2.45, 2.75) is 24.6 Å². The van der Waals surface area contributed by atoms with Gasteiger partial charge in [0.15, 0.2) is 11.5 Å². The van der Waals surface area contributed by atoms with Gasteiger partial charge in [0.05, 0.1) is 31.7 Å². The fourth-order valence-electron chi connectivity index (χ4n) is 5.36. The van der Waals surface area contributed by atoms with Crippen molar-refractivity contribution in [3.63, 3.8) is 0 Å². The zero-order chi connectivity index (χ0) is 27.6. The summed E-state index contributed by atoms with van der Waals surface area (Å²) in [6, 6.07) is 27.0. The molecule has 4 aromatic carbocycles. The molecule has 1 aliphatic rings. The van der Waals surface area contributed by atoms with Crippen molar-refractivity contribution < 1.29 is 27.4 Å². The lowest BCUT2D eigenvalue weighted by Gasteiger charge is -2.40. The van der Waals surface area contributed by atoms with Crippen molar-refractivity contribution in [3.05, 3.63) is 130 Å². The van der Waals surface area contributed by atoms with E-state index in [0.29, 0.717) is 35.6 Å². The van der Waals surface area contributed by atoms with E-state index in [1.807, 2.05) is 66.7 Å². The first-order valence-electron chi connectivity index (χ1n) is 12.6. The van der Waals surface area contributed by atoms with Crippen LogP contribution in [0, 0.1) is 0 Å². The van der Waals surface area contributed by atoms with E-state index in [0.717, 1.165) is 28.8 Å². The van der Waals surface area contributed by atoms with Crippen LogP contribution in [-0.4, -0.2) is 31.6 Å². The van der Waals surface area contributed by atoms with Gasteiger partial charge in [-0.2, -0.15) is 13.2 Å². The van der Waals surface area contributed by atoms with Crippen LogP contribution in [0.5, 0.6) is 11.5 Å². The third kappa shape index (κ3) is 5.21. The lowest BCUT2D eigenvalue weighted by Crippen LogP contribution is -2.43. The zero-order valence-corrected chi connectivity index (χ0v) is 21.6. The molecule has 4 aromatic rings. The summed E-state index contributed by atoms with van der Waals surface area (Å²) in [7, 11) is 3.05. The van der Waals surface area contributed by atoms with E-state index >= 15 is 0 Å². The first-order valence-corrected chi connectivity index (χ1v) is 12.6. The maximum absolute atomic E-state index is 14.5. The Morgan fingerprint density at radius 3 is 1.97 bits per heavy atom. The summed E-state index contributed by atoms with van der Waals surface area (Å²) in [4.78, 5) is 16.2. The molecule has 1 amide bonds. The quantitative estimate of drug-likeness (QED) is 0.268. The van der Waals surface area contributed by atoms with Gasteiger partial charge < -0.3 is 14.4 Å². The number of carbonyl (C=O) groups is 1. The molecular formula is C32H28F3NO3. The molecule has 1 heterocycles. The van der Waals surface area contributed by atoms with Gasteiger partial charge in [-0.1, -0.05) is 72.8 Å². The molecule has 4 nitrogen and oxygen atoms in total. The molecule has 0 radical (unpaired) electrons. The molecule has 200 valence electrons. The molecule has 0 bridgehead atoms. The summed E-state index contributed by atoms with van der Waals surface area (Å²) in [6.07, 6.45) is -4.00. The van der Waals surface area contributed by atoms with Crippen molar-refractivity contribution >= 4 is 5.91 Å². The van der Waals surface area contributed by atoms with Crippen LogP contribution in [0.25, 0.3) is 0 Å². The third-order valence-corrected chi connectivity index (χ3v) is 7.20. The number of carbonyl (C=O) groups excluding carboxylic acids is 1. The van der Waals surface area contributed by atoms with Crippen molar-refractivity contribution in [1.29, 1.82) is 0 Å². The average Bonchev–Trinajstić information content (AvgIpc) is 2.96. The number of hydrogen-bond acceptors (Lipinski definition) is 3. The zero-order valence-electron chi connectivity index (χ0n) is 21.6. The normalized spacial score (nSPS) is 15.1. The second-order valence-corrected chi connectivity index (χ2v) is 9.47. The second-order valence-electron chi connectivity index (χ2n) is 9.47. The summed E-state index contributed by atoms with van der Waals surface area (Å²) in [5.41, 5.74) is 2.86. The summed E-state index contributed by atoms with van der Waals surface area (Å²) in [5, 5.41) is 0. The number of ether oxygens (including phenoxy) is 2. The number of amides is 1.